The molecule has 0 aliphatic carbocycles. The molecule has 1 aliphatic heterocycles. The first kappa shape index (κ1) is 27.8. The van der Waals surface area contributed by atoms with Gasteiger partial charge in [0.25, 0.3) is 0 Å². The largest absolute Gasteiger partial charge is 0.457 e. The number of para-hydroxylation sites is 2. The van der Waals surface area contributed by atoms with Gasteiger partial charge in [0.2, 0.25) is 0 Å². The molecule has 0 N–H and O–H groups in total. The molecule has 0 bridgehead atoms. The third-order valence-electron chi connectivity index (χ3n) is 9.23. The van der Waals surface area contributed by atoms with Crippen LogP contribution in [0.1, 0.15) is 22.3 Å². The summed E-state index contributed by atoms with van der Waals surface area (Å²) in [5, 5.41) is 1.01. The number of pyridine rings is 2. The smallest absolute Gasteiger partial charge is 0.160 e. The van der Waals surface area contributed by atoms with Crippen LogP contribution in [0.25, 0.3) is 44.7 Å². The van der Waals surface area contributed by atoms with Crippen LogP contribution in [0.2, 0.25) is 0 Å². The van der Waals surface area contributed by atoms with Crippen molar-refractivity contribution in [3.05, 3.63) is 193 Å². The fourth-order valence-electron chi connectivity index (χ4n) is 7.07. The Morgan fingerprint density at radius 2 is 1.06 bits per heavy atom. The van der Waals surface area contributed by atoms with Crippen LogP contribution >= 0.6 is 0 Å². The number of nitrogens with zero attached hydrogens (tertiary/aromatic N) is 4. The summed E-state index contributed by atoms with van der Waals surface area (Å²) in [5.41, 5.74) is 9.66. The van der Waals surface area contributed by atoms with Gasteiger partial charge in [-0.25, -0.2) is 9.97 Å². The molecular weight excluding hydrogens is 589 g/mol. The van der Waals surface area contributed by atoms with Gasteiger partial charge in [0.15, 0.2) is 5.82 Å². The summed E-state index contributed by atoms with van der Waals surface area (Å²) in [6.45, 7) is 0. The Hall–Kier alpha value is -6.46. The van der Waals surface area contributed by atoms with E-state index in [9.17, 15) is 0 Å². The van der Waals surface area contributed by atoms with Crippen LogP contribution in [0.4, 0.5) is 0 Å². The van der Waals surface area contributed by atoms with Crippen LogP contribution in [0.3, 0.4) is 0 Å². The van der Waals surface area contributed by atoms with Crippen molar-refractivity contribution in [1.82, 2.24) is 19.9 Å². The molecule has 3 aromatic heterocycles. The molecule has 0 radical (unpaired) electrons. The predicted molar refractivity (Wildman–Crippen MR) is 190 cm³/mol. The van der Waals surface area contributed by atoms with E-state index in [1.54, 1.807) is 0 Å². The molecule has 0 atom stereocenters. The van der Waals surface area contributed by atoms with E-state index < -0.39 is 5.41 Å². The van der Waals surface area contributed by atoms with E-state index in [0.29, 0.717) is 5.82 Å². The van der Waals surface area contributed by atoms with E-state index in [4.69, 9.17) is 14.7 Å². The molecule has 226 valence electrons. The fourth-order valence-corrected chi connectivity index (χ4v) is 7.07. The molecule has 5 heteroatoms. The van der Waals surface area contributed by atoms with Crippen molar-refractivity contribution in [2.24, 2.45) is 0 Å². The SMILES string of the molecule is c1ccc(-c2nc(-c3cccc(-c4ccc5c(c4)C(c4ccncc4)(c4ccncc4)c4ccccc4O5)c3)c3ccccc3n2)cc1. The van der Waals surface area contributed by atoms with Gasteiger partial charge < -0.3 is 4.74 Å². The van der Waals surface area contributed by atoms with Gasteiger partial charge >= 0.3 is 0 Å². The Balaban J connectivity index is 1.25. The first-order valence-corrected chi connectivity index (χ1v) is 15.9. The zero-order chi connectivity index (χ0) is 31.9. The highest BCUT2D eigenvalue weighted by molar-refractivity contribution is 5.94. The summed E-state index contributed by atoms with van der Waals surface area (Å²) >= 11 is 0. The molecule has 8 aromatic rings. The van der Waals surface area contributed by atoms with Gasteiger partial charge in [-0.2, -0.15) is 0 Å². The monoisotopic (exact) mass is 616 g/mol. The van der Waals surface area contributed by atoms with E-state index >= 15 is 0 Å². The minimum Gasteiger partial charge on any atom is -0.457 e. The lowest BCUT2D eigenvalue weighted by Gasteiger charge is -2.41. The average molecular weight is 617 g/mol. The van der Waals surface area contributed by atoms with Gasteiger partial charge in [-0.05, 0) is 76.9 Å². The van der Waals surface area contributed by atoms with Crippen LogP contribution in [-0.2, 0) is 5.41 Å². The standard InChI is InChI=1S/C43H28N4O/c1-2-9-29(10-3-1)42-46-38-15-6-4-13-35(38)41(47-42)32-12-8-11-30(27-32)31-17-18-40-37(28-31)43(33-19-23-44-24-20-33,34-21-25-45-26-22-34)36-14-5-7-16-39(36)48-40/h1-28H. The zero-order valence-electron chi connectivity index (χ0n) is 25.9. The van der Waals surface area contributed by atoms with Crippen molar-refractivity contribution in [3.63, 3.8) is 0 Å². The molecule has 48 heavy (non-hydrogen) atoms. The number of hydrogen-bond acceptors (Lipinski definition) is 5. The van der Waals surface area contributed by atoms with Crippen molar-refractivity contribution in [2.75, 3.05) is 0 Å². The quantitative estimate of drug-likeness (QED) is 0.193. The molecule has 0 saturated carbocycles. The van der Waals surface area contributed by atoms with Crippen LogP contribution in [-0.4, -0.2) is 19.9 Å². The van der Waals surface area contributed by atoms with Crippen LogP contribution < -0.4 is 4.74 Å². The van der Waals surface area contributed by atoms with E-state index in [0.717, 1.165) is 72.6 Å². The first-order chi connectivity index (χ1) is 23.8. The number of hydrogen-bond donors (Lipinski definition) is 0. The molecular formula is C43H28N4O. The normalized spacial score (nSPS) is 12.9. The van der Waals surface area contributed by atoms with Crippen molar-refractivity contribution >= 4 is 10.9 Å². The Bertz CT molecular complexity index is 2390. The second kappa shape index (κ2) is 11.4. The maximum Gasteiger partial charge on any atom is 0.160 e. The molecule has 5 aromatic carbocycles. The lowest BCUT2D eigenvalue weighted by atomic mass is 9.63. The van der Waals surface area contributed by atoms with Gasteiger partial charge in [0.1, 0.15) is 11.5 Å². The molecule has 4 heterocycles. The van der Waals surface area contributed by atoms with Crippen molar-refractivity contribution in [2.45, 2.75) is 5.41 Å². The Morgan fingerprint density at radius 3 is 1.85 bits per heavy atom. The number of ether oxygens (including phenoxy) is 1. The average Bonchev–Trinajstić information content (AvgIpc) is 3.17. The third-order valence-corrected chi connectivity index (χ3v) is 9.23. The van der Waals surface area contributed by atoms with Crippen molar-refractivity contribution < 1.29 is 4.74 Å². The number of aromatic nitrogens is 4. The molecule has 9 rings (SSSR count). The van der Waals surface area contributed by atoms with Gasteiger partial charge in [-0.1, -0.05) is 91.0 Å². The predicted octanol–water partition coefficient (Wildman–Crippen LogP) is 9.91. The van der Waals surface area contributed by atoms with Gasteiger partial charge in [-0.15, -0.1) is 0 Å². The topological polar surface area (TPSA) is 60.8 Å². The fraction of sp³-hybridized carbons (Fsp3) is 0.0233. The highest BCUT2D eigenvalue weighted by atomic mass is 16.5. The molecule has 0 spiro atoms. The van der Waals surface area contributed by atoms with Crippen LogP contribution in [0.5, 0.6) is 11.5 Å². The molecule has 0 saturated heterocycles. The van der Waals surface area contributed by atoms with E-state index in [1.807, 2.05) is 67.3 Å². The molecule has 0 fully saturated rings. The molecule has 0 unspecified atom stereocenters. The summed E-state index contributed by atoms with van der Waals surface area (Å²) in [6, 6.07) is 50.2. The number of rotatable bonds is 5. The highest BCUT2D eigenvalue weighted by Gasteiger charge is 2.45. The summed E-state index contributed by atoms with van der Waals surface area (Å²) in [5.74, 6) is 2.36. The number of benzene rings is 5. The summed E-state index contributed by atoms with van der Waals surface area (Å²) in [4.78, 5) is 18.8. The second-order valence-electron chi connectivity index (χ2n) is 11.9. The molecule has 0 amide bonds. The summed E-state index contributed by atoms with van der Waals surface area (Å²) in [7, 11) is 0. The Kier molecular flexibility index (Phi) is 6.61. The van der Waals surface area contributed by atoms with Crippen LogP contribution in [0, 0.1) is 0 Å². The summed E-state index contributed by atoms with van der Waals surface area (Å²) < 4.78 is 6.61. The maximum atomic E-state index is 6.61. The minimum absolute atomic E-state index is 0.656. The van der Waals surface area contributed by atoms with Gasteiger partial charge in [-0.3, -0.25) is 9.97 Å². The molecule has 1 aliphatic rings. The Morgan fingerprint density at radius 1 is 0.438 bits per heavy atom. The van der Waals surface area contributed by atoms with Crippen molar-refractivity contribution in [1.29, 1.82) is 0 Å². The summed E-state index contributed by atoms with van der Waals surface area (Å²) in [6.07, 6.45) is 7.44. The Labute approximate surface area is 278 Å². The first-order valence-electron chi connectivity index (χ1n) is 15.9. The molecule has 5 nitrogen and oxygen atoms in total. The van der Waals surface area contributed by atoms with Gasteiger partial charge in [0.05, 0.1) is 16.6 Å². The number of fused-ring (bicyclic) bond motifs is 3. The van der Waals surface area contributed by atoms with Gasteiger partial charge in [0, 0.05) is 52.4 Å². The zero-order valence-corrected chi connectivity index (χ0v) is 25.9. The van der Waals surface area contributed by atoms with E-state index in [2.05, 4.69) is 113 Å². The maximum absolute atomic E-state index is 6.61. The van der Waals surface area contributed by atoms with Crippen molar-refractivity contribution in [3.8, 4) is 45.3 Å². The van der Waals surface area contributed by atoms with E-state index in [1.165, 1.54) is 0 Å². The van der Waals surface area contributed by atoms with Crippen LogP contribution in [0.15, 0.2) is 170 Å². The van der Waals surface area contributed by atoms with E-state index in [-0.39, 0.29) is 0 Å². The third kappa shape index (κ3) is 4.48. The lowest BCUT2D eigenvalue weighted by Crippen LogP contribution is -2.34. The lowest BCUT2D eigenvalue weighted by molar-refractivity contribution is 0.434. The second-order valence-corrected chi connectivity index (χ2v) is 11.9. The highest BCUT2D eigenvalue weighted by Crippen LogP contribution is 2.55. The minimum atomic E-state index is -0.656.